The number of likely N-dealkylation sites (tertiary alicyclic amines) is 1. The number of hydrogen-bond acceptors (Lipinski definition) is 6. The molecule has 11 heteroatoms. The van der Waals surface area contributed by atoms with Crippen molar-refractivity contribution in [3.05, 3.63) is 70.9 Å². The summed E-state index contributed by atoms with van der Waals surface area (Å²) < 4.78 is 9.34. The predicted molar refractivity (Wildman–Crippen MR) is 154 cm³/mol. The van der Waals surface area contributed by atoms with Gasteiger partial charge in [-0.05, 0) is 44.0 Å². The molecular weight excluding hydrogens is 549 g/mol. The highest BCUT2D eigenvalue weighted by atomic mass is 35.5. The Hall–Kier alpha value is -3.50. The van der Waals surface area contributed by atoms with E-state index < -0.39 is 5.54 Å². The summed E-state index contributed by atoms with van der Waals surface area (Å²) in [4.78, 5) is 24.5. The summed E-state index contributed by atoms with van der Waals surface area (Å²) in [7, 11) is 0. The summed E-state index contributed by atoms with van der Waals surface area (Å²) in [5.74, 6) is 0.00890. The second-order valence-corrected chi connectivity index (χ2v) is 11.5. The maximum Gasteiger partial charge on any atom is 0.242 e. The van der Waals surface area contributed by atoms with Gasteiger partial charge in [-0.2, -0.15) is 5.10 Å². The molecule has 0 radical (unpaired) electrons. The van der Waals surface area contributed by atoms with E-state index in [2.05, 4.69) is 11.2 Å². The molecule has 0 saturated carbocycles. The first-order chi connectivity index (χ1) is 19.3. The van der Waals surface area contributed by atoms with Gasteiger partial charge in [0.15, 0.2) is 0 Å². The summed E-state index contributed by atoms with van der Waals surface area (Å²) in [6, 6.07) is 9.63. The first kappa shape index (κ1) is 25.5. The number of nitrogens with two attached hydrogens (primary N) is 1. The Morgan fingerprint density at radius 2 is 1.85 bits per heavy atom. The summed E-state index contributed by atoms with van der Waals surface area (Å²) >= 11 is 13.0. The molecule has 7 rings (SSSR count). The smallest absolute Gasteiger partial charge is 0.242 e. The Kier molecular flexibility index (Phi) is 6.08. The average Bonchev–Trinajstić information content (AvgIpc) is 3.53. The zero-order chi connectivity index (χ0) is 27.6. The second kappa shape index (κ2) is 9.55. The average molecular weight is 576 g/mol. The van der Waals surface area contributed by atoms with Crippen molar-refractivity contribution in [2.45, 2.75) is 31.3 Å². The summed E-state index contributed by atoms with van der Waals surface area (Å²) in [5, 5.41) is 6.63. The van der Waals surface area contributed by atoms with E-state index in [-0.39, 0.29) is 11.9 Å². The summed E-state index contributed by atoms with van der Waals surface area (Å²) in [5.41, 5.74) is 11.5. The van der Waals surface area contributed by atoms with E-state index in [1.165, 1.54) is 0 Å². The molecule has 204 valence electrons. The lowest BCUT2D eigenvalue weighted by atomic mass is 9.88. The number of nitrogens with zero attached hydrogens (tertiary/aromatic N) is 6. The number of aryl methyl sites for hydroxylation is 1. The number of halogens is 2. The number of carbonyl (C=O) groups is 1. The maximum atomic E-state index is 13.0. The van der Waals surface area contributed by atoms with Gasteiger partial charge in [-0.3, -0.25) is 14.5 Å². The van der Waals surface area contributed by atoms with Crippen molar-refractivity contribution < 1.29 is 9.53 Å². The van der Waals surface area contributed by atoms with Crippen molar-refractivity contribution >= 4 is 45.7 Å². The quantitative estimate of drug-likeness (QED) is 0.326. The minimum absolute atomic E-state index is 0.00890. The third-order valence-corrected chi connectivity index (χ3v) is 8.79. The lowest BCUT2D eigenvalue weighted by Crippen LogP contribution is -2.63. The first-order valence-corrected chi connectivity index (χ1v) is 14.0. The monoisotopic (exact) mass is 575 g/mol. The molecule has 2 aliphatic rings. The van der Waals surface area contributed by atoms with Gasteiger partial charge >= 0.3 is 0 Å². The van der Waals surface area contributed by atoms with E-state index in [9.17, 15) is 4.79 Å². The zero-order valence-electron chi connectivity index (χ0n) is 21.8. The minimum atomic E-state index is -0.817. The number of amides is 1. The van der Waals surface area contributed by atoms with Crippen LogP contribution < -0.4 is 5.73 Å². The van der Waals surface area contributed by atoms with Crippen LogP contribution in [0.25, 0.3) is 38.9 Å². The standard InChI is InChI=1S/C29H27Cl2N7O2/c1-17-26(25-22(30)3-2-4-23(25)31)35-27-21-11-18(12-33-24(21)5-8-37(17)27)19-13-34-38(14-19)20-15-36(16-20)28(39)29(32)6-9-40-10-7-29/h2-5,8,11-14,20H,6-7,9-10,15-16,32H2,1H3. The lowest BCUT2D eigenvalue weighted by molar-refractivity contribution is -0.146. The van der Waals surface area contributed by atoms with E-state index >= 15 is 0 Å². The van der Waals surface area contributed by atoms with Crippen molar-refractivity contribution in [2.75, 3.05) is 26.3 Å². The van der Waals surface area contributed by atoms with Crippen LogP contribution >= 0.6 is 23.2 Å². The molecule has 2 aliphatic heterocycles. The molecule has 1 amide bonds. The van der Waals surface area contributed by atoms with Gasteiger partial charge in [0.2, 0.25) is 5.91 Å². The van der Waals surface area contributed by atoms with Gasteiger partial charge < -0.3 is 19.8 Å². The SMILES string of the molecule is Cc1c(-c2c(Cl)cccc2Cl)nc2c3cc(-c4cnn(C5CN(C(=O)C6(N)CCOCC6)C5)c4)cnc3ccn12. The van der Waals surface area contributed by atoms with Crippen molar-refractivity contribution in [1.29, 1.82) is 0 Å². The number of pyridine rings is 2. The number of ether oxygens (including phenoxy) is 1. The van der Waals surface area contributed by atoms with Gasteiger partial charge in [0.05, 0.1) is 39.0 Å². The van der Waals surface area contributed by atoms with Crippen LogP contribution in [0, 0.1) is 6.92 Å². The lowest BCUT2D eigenvalue weighted by Gasteiger charge is -2.44. The molecule has 2 fully saturated rings. The molecule has 4 aromatic heterocycles. The molecule has 0 bridgehead atoms. The van der Waals surface area contributed by atoms with Crippen LogP contribution in [-0.4, -0.2) is 66.8 Å². The van der Waals surface area contributed by atoms with Gasteiger partial charge in [0.25, 0.3) is 0 Å². The largest absolute Gasteiger partial charge is 0.381 e. The fraction of sp³-hybridized carbons (Fsp3) is 0.310. The number of rotatable bonds is 4. The van der Waals surface area contributed by atoms with E-state index in [4.69, 9.17) is 43.6 Å². The molecule has 1 aromatic carbocycles. The first-order valence-electron chi connectivity index (χ1n) is 13.2. The van der Waals surface area contributed by atoms with Crippen LogP contribution in [0.2, 0.25) is 10.0 Å². The highest BCUT2D eigenvalue weighted by Crippen LogP contribution is 2.37. The summed E-state index contributed by atoms with van der Waals surface area (Å²) in [6.07, 6.45) is 8.78. The molecule has 0 spiro atoms. The van der Waals surface area contributed by atoms with Gasteiger partial charge in [-0.1, -0.05) is 29.3 Å². The van der Waals surface area contributed by atoms with Crippen molar-refractivity contribution in [1.82, 2.24) is 29.0 Å². The highest BCUT2D eigenvalue weighted by molar-refractivity contribution is 6.39. The third-order valence-electron chi connectivity index (χ3n) is 8.16. The van der Waals surface area contributed by atoms with Crippen molar-refractivity contribution in [3.8, 4) is 22.4 Å². The van der Waals surface area contributed by atoms with Crippen molar-refractivity contribution in [3.63, 3.8) is 0 Å². The number of hydrogen-bond donors (Lipinski definition) is 1. The van der Waals surface area contributed by atoms with E-state index in [0.29, 0.717) is 49.2 Å². The Balaban J connectivity index is 1.17. The highest BCUT2D eigenvalue weighted by Gasteiger charge is 2.43. The number of benzene rings is 1. The van der Waals surface area contributed by atoms with Gasteiger partial charge in [-0.25, -0.2) is 4.98 Å². The number of imidazole rings is 1. The van der Waals surface area contributed by atoms with Gasteiger partial charge in [0.1, 0.15) is 5.65 Å². The fourth-order valence-corrected chi connectivity index (χ4v) is 6.25. The van der Waals surface area contributed by atoms with Crippen LogP contribution in [0.5, 0.6) is 0 Å². The van der Waals surface area contributed by atoms with Gasteiger partial charge in [0, 0.05) is 72.7 Å². The maximum absolute atomic E-state index is 13.0. The van der Waals surface area contributed by atoms with Crippen LogP contribution in [-0.2, 0) is 9.53 Å². The Bertz CT molecular complexity index is 1760. The van der Waals surface area contributed by atoms with Crippen LogP contribution in [0.4, 0.5) is 0 Å². The van der Waals surface area contributed by atoms with E-state index in [1.807, 2.05) is 70.0 Å². The van der Waals surface area contributed by atoms with Crippen LogP contribution in [0.1, 0.15) is 24.6 Å². The number of fused-ring (bicyclic) bond motifs is 3. The molecule has 2 N–H and O–H groups in total. The molecule has 2 saturated heterocycles. The molecule has 5 aromatic rings. The van der Waals surface area contributed by atoms with E-state index in [1.54, 1.807) is 0 Å². The summed E-state index contributed by atoms with van der Waals surface area (Å²) in [6.45, 7) is 4.25. The third kappa shape index (κ3) is 4.07. The normalized spacial score (nSPS) is 17.4. The zero-order valence-corrected chi connectivity index (χ0v) is 23.4. The molecule has 0 unspecified atom stereocenters. The Labute approximate surface area is 240 Å². The van der Waals surface area contributed by atoms with Crippen LogP contribution in [0.3, 0.4) is 0 Å². The predicted octanol–water partition coefficient (Wildman–Crippen LogP) is 4.92. The van der Waals surface area contributed by atoms with Gasteiger partial charge in [-0.15, -0.1) is 0 Å². The second-order valence-electron chi connectivity index (χ2n) is 10.7. The minimum Gasteiger partial charge on any atom is -0.381 e. The number of aromatic nitrogens is 5. The molecule has 0 atom stereocenters. The molecule has 0 aliphatic carbocycles. The van der Waals surface area contributed by atoms with E-state index in [0.717, 1.165) is 44.6 Å². The van der Waals surface area contributed by atoms with Crippen LogP contribution in [0.15, 0.2) is 55.1 Å². The topological polar surface area (TPSA) is 104 Å². The number of carbonyl (C=O) groups excluding carboxylic acids is 1. The Morgan fingerprint density at radius 3 is 2.60 bits per heavy atom. The fourth-order valence-electron chi connectivity index (χ4n) is 5.68. The molecule has 40 heavy (non-hydrogen) atoms. The van der Waals surface area contributed by atoms with Crippen molar-refractivity contribution in [2.24, 2.45) is 5.73 Å². The molecule has 6 heterocycles. The molecule has 9 nitrogen and oxygen atoms in total. The Morgan fingerprint density at radius 1 is 1.10 bits per heavy atom. The molecular formula is C29H27Cl2N7O2.